The third-order valence-corrected chi connectivity index (χ3v) is 5.42. The van der Waals surface area contributed by atoms with E-state index < -0.39 is 11.8 Å². The summed E-state index contributed by atoms with van der Waals surface area (Å²) >= 11 is 0. The topological polar surface area (TPSA) is 67.4 Å². The number of amides is 2. The molecule has 28 heavy (non-hydrogen) atoms. The van der Waals surface area contributed by atoms with Crippen molar-refractivity contribution in [1.82, 2.24) is 10.6 Å². The van der Waals surface area contributed by atoms with Crippen LogP contribution in [0.2, 0.25) is 0 Å². The van der Waals surface area contributed by atoms with Crippen LogP contribution in [0.1, 0.15) is 36.8 Å². The second-order valence-electron chi connectivity index (χ2n) is 7.21. The summed E-state index contributed by atoms with van der Waals surface area (Å²) in [6, 6.07) is 13.7. The van der Waals surface area contributed by atoms with Gasteiger partial charge in [-0.15, -0.1) is 0 Å². The van der Waals surface area contributed by atoms with Gasteiger partial charge in [-0.2, -0.15) is 0 Å². The molecule has 1 aliphatic carbocycles. The molecule has 2 N–H and O–H groups in total. The van der Waals surface area contributed by atoms with Gasteiger partial charge in [-0.3, -0.25) is 9.59 Å². The predicted octanol–water partition coefficient (Wildman–Crippen LogP) is 3.08. The lowest BCUT2D eigenvalue weighted by Crippen LogP contribution is -2.45. The van der Waals surface area contributed by atoms with Crippen LogP contribution in [0.4, 0.5) is 4.39 Å². The summed E-state index contributed by atoms with van der Waals surface area (Å²) in [6.07, 6.45) is 4.13. The van der Waals surface area contributed by atoms with Gasteiger partial charge in [0.25, 0.3) is 0 Å². The maximum Gasteiger partial charge on any atom is 0.309 e. The first-order valence-corrected chi connectivity index (χ1v) is 9.47. The predicted molar refractivity (Wildman–Crippen MR) is 104 cm³/mol. The van der Waals surface area contributed by atoms with Gasteiger partial charge in [0.1, 0.15) is 11.6 Å². The number of rotatable bonds is 6. The van der Waals surface area contributed by atoms with Crippen molar-refractivity contribution in [2.75, 3.05) is 13.7 Å². The van der Waals surface area contributed by atoms with E-state index in [-0.39, 0.29) is 17.8 Å². The lowest BCUT2D eigenvalue weighted by molar-refractivity contribution is -0.139. The van der Waals surface area contributed by atoms with Crippen molar-refractivity contribution in [2.24, 2.45) is 0 Å². The Kier molecular flexibility index (Phi) is 6.29. The lowest BCUT2D eigenvalue weighted by Gasteiger charge is -2.30. The van der Waals surface area contributed by atoms with Crippen molar-refractivity contribution in [3.8, 4) is 5.75 Å². The Morgan fingerprint density at radius 3 is 2.18 bits per heavy atom. The SMILES string of the molecule is COc1ccc(C2(CNC(=O)C(=O)NCc3ccc(F)cc3)CCCC2)cc1. The molecule has 0 unspecified atom stereocenters. The Morgan fingerprint density at radius 2 is 1.57 bits per heavy atom. The molecule has 2 amide bonds. The average Bonchev–Trinajstić information content (AvgIpc) is 3.21. The van der Waals surface area contributed by atoms with Crippen LogP contribution < -0.4 is 15.4 Å². The molecule has 6 heteroatoms. The zero-order valence-corrected chi connectivity index (χ0v) is 16.0. The molecule has 1 fully saturated rings. The largest absolute Gasteiger partial charge is 0.497 e. The first kappa shape index (κ1) is 19.9. The number of methoxy groups -OCH3 is 1. The summed E-state index contributed by atoms with van der Waals surface area (Å²) in [5, 5.41) is 5.37. The Morgan fingerprint density at radius 1 is 0.964 bits per heavy atom. The quantitative estimate of drug-likeness (QED) is 0.752. The first-order chi connectivity index (χ1) is 13.5. The van der Waals surface area contributed by atoms with E-state index in [4.69, 9.17) is 4.74 Å². The fourth-order valence-corrected chi connectivity index (χ4v) is 3.76. The number of nitrogens with one attached hydrogen (secondary N) is 2. The minimum Gasteiger partial charge on any atom is -0.497 e. The van der Waals surface area contributed by atoms with Crippen LogP contribution in [-0.2, 0) is 21.5 Å². The molecule has 0 heterocycles. The molecule has 0 aliphatic heterocycles. The van der Waals surface area contributed by atoms with Gasteiger partial charge in [-0.05, 0) is 48.2 Å². The molecule has 2 aromatic carbocycles. The zero-order chi connectivity index (χ0) is 20.0. The van der Waals surface area contributed by atoms with Crippen LogP contribution in [-0.4, -0.2) is 25.5 Å². The maximum atomic E-state index is 12.9. The Hall–Kier alpha value is -2.89. The van der Waals surface area contributed by atoms with Crippen molar-refractivity contribution < 1.29 is 18.7 Å². The summed E-state index contributed by atoms with van der Waals surface area (Å²) in [4.78, 5) is 24.3. The zero-order valence-electron chi connectivity index (χ0n) is 16.0. The van der Waals surface area contributed by atoms with E-state index in [2.05, 4.69) is 10.6 Å². The normalized spacial score (nSPS) is 15.1. The van der Waals surface area contributed by atoms with E-state index in [1.807, 2.05) is 24.3 Å². The summed E-state index contributed by atoms with van der Waals surface area (Å²) in [5.74, 6) is -0.886. The minimum absolute atomic E-state index is 0.154. The Labute approximate surface area is 164 Å². The van der Waals surface area contributed by atoms with Crippen LogP contribution in [0, 0.1) is 5.82 Å². The standard InChI is InChI=1S/C22H25FN2O3/c1-28-19-10-6-17(7-11-19)22(12-2-3-13-22)15-25-21(27)20(26)24-14-16-4-8-18(23)9-5-16/h4-11H,2-3,12-15H2,1H3,(H,24,26)(H,25,27). The van der Waals surface area contributed by atoms with Gasteiger partial charge in [0.15, 0.2) is 0 Å². The minimum atomic E-state index is -0.688. The van der Waals surface area contributed by atoms with E-state index in [1.165, 1.54) is 12.1 Å². The molecule has 1 saturated carbocycles. The molecule has 148 valence electrons. The number of hydrogen-bond donors (Lipinski definition) is 2. The second kappa shape index (κ2) is 8.87. The van der Waals surface area contributed by atoms with Crippen molar-refractivity contribution in [3.05, 3.63) is 65.5 Å². The molecule has 2 aromatic rings. The fraction of sp³-hybridized carbons (Fsp3) is 0.364. The summed E-state index contributed by atoms with van der Waals surface area (Å²) < 4.78 is 18.1. The summed E-state index contributed by atoms with van der Waals surface area (Å²) in [5.41, 5.74) is 1.73. The molecule has 1 aliphatic rings. The smallest absolute Gasteiger partial charge is 0.309 e. The Bertz CT molecular complexity index is 813. The number of hydrogen-bond acceptors (Lipinski definition) is 3. The van der Waals surface area contributed by atoms with Crippen molar-refractivity contribution >= 4 is 11.8 Å². The number of benzene rings is 2. The molecule has 0 atom stereocenters. The van der Waals surface area contributed by atoms with Gasteiger partial charge in [0, 0.05) is 18.5 Å². The number of halogens is 1. The van der Waals surface area contributed by atoms with E-state index in [0.717, 1.165) is 42.6 Å². The first-order valence-electron chi connectivity index (χ1n) is 9.47. The monoisotopic (exact) mass is 384 g/mol. The van der Waals surface area contributed by atoms with Crippen molar-refractivity contribution in [3.63, 3.8) is 0 Å². The van der Waals surface area contributed by atoms with Crippen LogP contribution in [0.15, 0.2) is 48.5 Å². The summed E-state index contributed by atoms with van der Waals surface area (Å²) in [7, 11) is 1.63. The highest BCUT2D eigenvalue weighted by Crippen LogP contribution is 2.41. The van der Waals surface area contributed by atoms with Crippen LogP contribution in [0.25, 0.3) is 0 Å². The third-order valence-electron chi connectivity index (χ3n) is 5.42. The molecular formula is C22H25FN2O3. The van der Waals surface area contributed by atoms with E-state index in [0.29, 0.717) is 6.54 Å². The van der Waals surface area contributed by atoms with Gasteiger partial charge in [-0.1, -0.05) is 37.1 Å². The van der Waals surface area contributed by atoms with Gasteiger partial charge in [0.05, 0.1) is 7.11 Å². The molecule has 3 rings (SSSR count). The van der Waals surface area contributed by atoms with Crippen LogP contribution in [0.3, 0.4) is 0 Å². The lowest BCUT2D eigenvalue weighted by atomic mass is 9.78. The second-order valence-corrected chi connectivity index (χ2v) is 7.21. The highest BCUT2D eigenvalue weighted by molar-refractivity contribution is 6.35. The average molecular weight is 384 g/mol. The van der Waals surface area contributed by atoms with E-state index in [1.54, 1.807) is 19.2 Å². The fourth-order valence-electron chi connectivity index (χ4n) is 3.76. The molecule has 0 saturated heterocycles. The van der Waals surface area contributed by atoms with Crippen LogP contribution >= 0.6 is 0 Å². The molecule has 0 aromatic heterocycles. The van der Waals surface area contributed by atoms with Gasteiger partial charge >= 0.3 is 11.8 Å². The van der Waals surface area contributed by atoms with Gasteiger partial charge < -0.3 is 15.4 Å². The van der Waals surface area contributed by atoms with Crippen molar-refractivity contribution in [1.29, 1.82) is 0 Å². The van der Waals surface area contributed by atoms with Crippen LogP contribution in [0.5, 0.6) is 5.75 Å². The molecule has 5 nitrogen and oxygen atoms in total. The van der Waals surface area contributed by atoms with Gasteiger partial charge in [-0.25, -0.2) is 4.39 Å². The van der Waals surface area contributed by atoms with Crippen molar-refractivity contribution in [2.45, 2.75) is 37.6 Å². The molecule has 0 bridgehead atoms. The summed E-state index contributed by atoms with van der Waals surface area (Å²) in [6.45, 7) is 0.596. The number of carbonyl (C=O) groups is 2. The molecule has 0 spiro atoms. The number of ether oxygens (including phenoxy) is 1. The third kappa shape index (κ3) is 4.68. The van der Waals surface area contributed by atoms with Gasteiger partial charge in [0.2, 0.25) is 0 Å². The maximum absolute atomic E-state index is 12.9. The molecular weight excluding hydrogens is 359 g/mol. The molecule has 0 radical (unpaired) electrons. The number of carbonyl (C=O) groups excluding carboxylic acids is 2. The Balaban J connectivity index is 1.57. The van der Waals surface area contributed by atoms with E-state index in [9.17, 15) is 14.0 Å². The van der Waals surface area contributed by atoms with E-state index >= 15 is 0 Å². The highest BCUT2D eigenvalue weighted by Gasteiger charge is 2.36. The highest BCUT2D eigenvalue weighted by atomic mass is 19.1.